The summed E-state index contributed by atoms with van der Waals surface area (Å²) >= 11 is 0. The molecule has 0 spiro atoms. The van der Waals surface area contributed by atoms with Crippen molar-refractivity contribution in [3.63, 3.8) is 0 Å². The van der Waals surface area contributed by atoms with Crippen LogP contribution in [0.3, 0.4) is 0 Å². The minimum absolute atomic E-state index is 0.277. The monoisotopic (exact) mass is 172 g/mol. The van der Waals surface area contributed by atoms with Gasteiger partial charge in [-0.1, -0.05) is 6.07 Å². The van der Waals surface area contributed by atoms with Gasteiger partial charge in [0.2, 0.25) is 5.95 Å². The molecular formula is C9H8N4. The van der Waals surface area contributed by atoms with Gasteiger partial charge in [0.15, 0.2) is 0 Å². The fourth-order valence-electron chi connectivity index (χ4n) is 1.00. The van der Waals surface area contributed by atoms with Crippen LogP contribution in [0.2, 0.25) is 0 Å². The fraction of sp³-hybridized carbons (Fsp3) is 0. The Balaban J connectivity index is 2.42. The highest BCUT2D eigenvalue weighted by atomic mass is 15.0. The number of hydrogen-bond donors (Lipinski definition) is 1. The van der Waals surface area contributed by atoms with Crippen molar-refractivity contribution in [1.82, 2.24) is 15.0 Å². The number of aromatic nitrogens is 3. The van der Waals surface area contributed by atoms with Gasteiger partial charge in [-0.15, -0.1) is 0 Å². The van der Waals surface area contributed by atoms with Gasteiger partial charge in [0.25, 0.3) is 0 Å². The highest BCUT2D eigenvalue weighted by Crippen LogP contribution is 2.13. The number of rotatable bonds is 1. The van der Waals surface area contributed by atoms with Crippen LogP contribution in [-0.2, 0) is 0 Å². The smallest absolute Gasteiger partial charge is 0.219 e. The maximum Gasteiger partial charge on any atom is 0.219 e. The van der Waals surface area contributed by atoms with E-state index in [1.807, 2.05) is 18.2 Å². The number of anilines is 1. The van der Waals surface area contributed by atoms with Gasteiger partial charge < -0.3 is 5.73 Å². The van der Waals surface area contributed by atoms with E-state index in [1.54, 1.807) is 18.6 Å². The number of nitrogen functional groups attached to an aromatic ring is 1. The van der Waals surface area contributed by atoms with E-state index in [0.29, 0.717) is 0 Å². The molecular weight excluding hydrogens is 164 g/mol. The fourth-order valence-corrected chi connectivity index (χ4v) is 1.00. The Morgan fingerprint density at radius 2 is 1.77 bits per heavy atom. The maximum absolute atomic E-state index is 5.36. The molecule has 0 aliphatic rings. The number of pyridine rings is 1. The Morgan fingerprint density at radius 3 is 2.38 bits per heavy atom. The molecule has 0 saturated heterocycles. The molecule has 0 saturated carbocycles. The van der Waals surface area contributed by atoms with Gasteiger partial charge in [0.1, 0.15) is 0 Å². The quantitative estimate of drug-likeness (QED) is 0.700. The third kappa shape index (κ3) is 1.61. The third-order valence-corrected chi connectivity index (χ3v) is 1.63. The molecule has 2 heterocycles. The molecule has 0 bridgehead atoms. The molecule has 2 aromatic rings. The molecule has 2 aromatic heterocycles. The third-order valence-electron chi connectivity index (χ3n) is 1.63. The first-order valence-corrected chi connectivity index (χ1v) is 3.85. The van der Waals surface area contributed by atoms with E-state index in [4.69, 9.17) is 5.73 Å². The van der Waals surface area contributed by atoms with E-state index in [0.717, 1.165) is 11.3 Å². The summed E-state index contributed by atoms with van der Waals surface area (Å²) < 4.78 is 0. The lowest BCUT2D eigenvalue weighted by Gasteiger charge is -1.98. The lowest BCUT2D eigenvalue weighted by atomic mass is 10.2. The summed E-state index contributed by atoms with van der Waals surface area (Å²) in [4.78, 5) is 11.9. The van der Waals surface area contributed by atoms with Crippen molar-refractivity contribution in [2.45, 2.75) is 0 Å². The van der Waals surface area contributed by atoms with Crippen LogP contribution >= 0.6 is 0 Å². The van der Waals surface area contributed by atoms with Crippen LogP contribution in [0.4, 0.5) is 5.95 Å². The van der Waals surface area contributed by atoms with Crippen LogP contribution < -0.4 is 5.73 Å². The largest absolute Gasteiger partial charge is 0.368 e. The zero-order valence-electron chi connectivity index (χ0n) is 6.88. The Kier molecular flexibility index (Phi) is 1.88. The first kappa shape index (κ1) is 7.67. The first-order chi connectivity index (χ1) is 6.36. The molecule has 0 radical (unpaired) electrons. The predicted molar refractivity (Wildman–Crippen MR) is 49.7 cm³/mol. The Morgan fingerprint density at radius 1 is 1.00 bits per heavy atom. The Labute approximate surface area is 75.5 Å². The van der Waals surface area contributed by atoms with Gasteiger partial charge in [-0.05, 0) is 12.1 Å². The molecule has 0 aliphatic carbocycles. The molecule has 4 heteroatoms. The molecule has 64 valence electrons. The number of hydrogen-bond acceptors (Lipinski definition) is 4. The molecule has 0 fully saturated rings. The van der Waals surface area contributed by atoms with Gasteiger partial charge in [0, 0.05) is 24.2 Å². The Bertz CT molecular complexity index is 382. The minimum atomic E-state index is 0.277. The van der Waals surface area contributed by atoms with Gasteiger partial charge in [-0.2, -0.15) is 0 Å². The zero-order valence-corrected chi connectivity index (χ0v) is 6.88. The van der Waals surface area contributed by atoms with E-state index in [9.17, 15) is 0 Å². The van der Waals surface area contributed by atoms with E-state index >= 15 is 0 Å². The summed E-state index contributed by atoms with van der Waals surface area (Å²) in [6.07, 6.45) is 5.04. The van der Waals surface area contributed by atoms with Crippen LogP contribution in [0, 0.1) is 0 Å². The van der Waals surface area contributed by atoms with Gasteiger partial charge in [-0.25, -0.2) is 9.97 Å². The summed E-state index contributed by atoms with van der Waals surface area (Å²) in [6.45, 7) is 0. The van der Waals surface area contributed by atoms with Gasteiger partial charge >= 0.3 is 0 Å². The van der Waals surface area contributed by atoms with Crippen molar-refractivity contribution in [3.8, 4) is 11.3 Å². The van der Waals surface area contributed by atoms with Crippen molar-refractivity contribution in [2.24, 2.45) is 0 Å². The van der Waals surface area contributed by atoms with E-state index in [1.165, 1.54) is 0 Å². The molecule has 0 atom stereocenters. The topological polar surface area (TPSA) is 64.7 Å². The number of nitrogens with two attached hydrogens (primary N) is 1. The molecule has 2 rings (SSSR count). The highest BCUT2D eigenvalue weighted by molar-refractivity contribution is 5.56. The second kappa shape index (κ2) is 3.18. The molecule has 2 N–H and O–H groups in total. The lowest BCUT2D eigenvalue weighted by molar-refractivity contribution is 1.17. The van der Waals surface area contributed by atoms with Crippen molar-refractivity contribution >= 4 is 5.95 Å². The van der Waals surface area contributed by atoms with E-state index in [-0.39, 0.29) is 5.95 Å². The van der Waals surface area contributed by atoms with Gasteiger partial charge in [-0.3, -0.25) is 4.98 Å². The predicted octanol–water partition coefficient (Wildman–Crippen LogP) is 1.12. The van der Waals surface area contributed by atoms with E-state index in [2.05, 4.69) is 15.0 Å². The average molecular weight is 172 g/mol. The standard InChI is InChI=1S/C9H8N4/c10-9-12-5-7(6-13-9)8-3-1-2-4-11-8/h1-6H,(H2,10,12,13). The van der Waals surface area contributed by atoms with Gasteiger partial charge in [0.05, 0.1) is 5.69 Å². The van der Waals surface area contributed by atoms with Crippen LogP contribution in [-0.4, -0.2) is 15.0 Å². The van der Waals surface area contributed by atoms with Crippen molar-refractivity contribution in [2.75, 3.05) is 5.73 Å². The maximum atomic E-state index is 5.36. The Hall–Kier alpha value is -1.97. The summed E-state index contributed by atoms with van der Waals surface area (Å²) in [7, 11) is 0. The van der Waals surface area contributed by atoms with Crippen molar-refractivity contribution in [3.05, 3.63) is 36.8 Å². The average Bonchev–Trinajstić information content (AvgIpc) is 2.20. The first-order valence-electron chi connectivity index (χ1n) is 3.85. The van der Waals surface area contributed by atoms with Crippen LogP contribution in [0.5, 0.6) is 0 Å². The minimum Gasteiger partial charge on any atom is -0.368 e. The SMILES string of the molecule is Nc1ncc(-c2ccccn2)cn1. The van der Waals surface area contributed by atoms with Crippen molar-refractivity contribution < 1.29 is 0 Å². The lowest BCUT2D eigenvalue weighted by Crippen LogP contribution is -1.94. The molecule has 0 unspecified atom stereocenters. The van der Waals surface area contributed by atoms with Crippen LogP contribution in [0.1, 0.15) is 0 Å². The molecule has 4 nitrogen and oxygen atoms in total. The van der Waals surface area contributed by atoms with Crippen molar-refractivity contribution in [1.29, 1.82) is 0 Å². The van der Waals surface area contributed by atoms with Crippen LogP contribution in [0.15, 0.2) is 36.8 Å². The van der Waals surface area contributed by atoms with E-state index < -0.39 is 0 Å². The summed E-state index contributed by atoms with van der Waals surface area (Å²) in [5.74, 6) is 0.277. The normalized spacial score (nSPS) is 9.85. The summed E-state index contributed by atoms with van der Waals surface area (Å²) in [6, 6.07) is 5.68. The highest BCUT2D eigenvalue weighted by Gasteiger charge is 1.97. The molecule has 0 aromatic carbocycles. The second-order valence-corrected chi connectivity index (χ2v) is 2.54. The van der Waals surface area contributed by atoms with Crippen LogP contribution in [0.25, 0.3) is 11.3 Å². The molecule has 0 amide bonds. The molecule has 13 heavy (non-hydrogen) atoms. The summed E-state index contributed by atoms with van der Waals surface area (Å²) in [5.41, 5.74) is 7.08. The second-order valence-electron chi connectivity index (χ2n) is 2.54. The number of nitrogens with zero attached hydrogens (tertiary/aromatic N) is 3. The molecule has 0 aliphatic heterocycles. The zero-order chi connectivity index (χ0) is 9.10. The summed E-state index contributed by atoms with van der Waals surface area (Å²) in [5, 5.41) is 0.